The smallest absolute Gasteiger partial charge is 0.207 e. The highest BCUT2D eigenvalue weighted by Crippen LogP contribution is 2.20. The van der Waals surface area contributed by atoms with Crippen LogP contribution in [0.4, 0.5) is 8.78 Å². The summed E-state index contributed by atoms with van der Waals surface area (Å²) in [7, 11) is -4.04. The van der Waals surface area contributed by atoms with E-state index in [-0.39, 0.29) is 24.4 Å². The number of halogens is 2. The molecule has 120 valence electrons. The molecule has 0 aromatic heterocycles. The molecule has 7 heteroatoms. The van der Waals surface area contributed by atoms with Crippen molar-refractivity contribution in [3.8, 4) is 6.07 Å². The van der Waals surface area contributed by atoms with Gasteiger partial charge in [0.05, 0.1) is 11.0 Å². The predicted octanol–water partition coefficient (Wildman–Crippen LogP) is 3.07. The zero-order valence-corrected chi connectivity index (χ0v) is 12.9. The van der Waals surface area contributed by atoms with Gasteiger partial charge in [-0.15, -0.1) is 0 Å². The molecule has 0 atom stereocenters. The lowest BCUT2D eigenvalue weighted by molar-refractivity contribution is 0.412. The first-order chi connectivity index (χ1) is 10.9. The number of sulfonamides is 1. The molecule has 0 spiro atoms. The number of rotatable bonds is 6. The Balaban J connectivity index is 2.36. The molecule has 0 heterocycles. The number of nitrogens with zero attached hydrogens (tertiary/aromatic N) is 2. The lowest BCUT2D eigenvalue weighted by Gasteiger charge is -2.21. The quantitative estimate of drug-likeness (QED) is 0.814. The zero-order valence-electron chi connectivity index (χ0n) is 12.1. The molecule has 0 saturated heterocycles. The fourth-order valence-electron chi connectivity index (χ4n) is 2.03. The molecule has 0 saturated carbocycles. The van der Waals surface area contributed by atoms with Gasteiger partial charge in [-0.05, 0) is 23.8 Å². The summed E-state index contributed by atoms with van der Waals surface area (Å²) in [5.74, 6) is -2.35. The number of benzene rings is 2. The van der Waals surface area contributed by atoms with Crippen molar-refractivity contribution in [2.75, 3.05) is 6.54 Å². The summed E-state index contributed by atoms with van der Waals surface area (Å²) < 4.78 is 52.7. The van der Waals surface area contributed by atoms with Gasteiger partial charge in [0.1, 0.15) is 0 Å². The fourth-order valence-corrected chi connectivity index (χ4v) is 3.47. The predicted molar refractivity (Wildman–Crippen MR) is 80.6 cm³/mol. The first-order valence-corrected chi connectivity index (χ1v) is 8.25. The molecule has 2 rings (SSSR count). The molecular weight excluding hydrogens is 322 g/mol. The molecule has 2 aromatic rings. The van der Waals surface area contributed by atoms with Crippen LogP contribution in [-0.4, -0.2) is 19.3 Å². The summed E-state index contributed by atoms with van der Waals surface area (Å²) in [6.07, 6.45) is -0.00423. The van der Waals surface area contributed by atoms with Crippen LogP contribution in [0.25, 0.3) is 0 Å². The Hall–Kier alpha value is -2.30. The van der Waals surface area contributed by atoms with Crippen LogP contribution in [0.15, 0.2) is 53.4 Å². The molecule has 0 aliphatic carbocycles. The minimum atomic E-state index is -4.04. The lowest BCUT2D eigenvalue weighted by Crippen LogP contribution is -2.31. The number of nitriles is 1. The van der Waals surface area contributed by atoms with E-state index in [1.165, 1.54) is 0 Å². The third-order valence-electron chi connectivity index (χ3n) is 3.20. The van der Waals surface area contributed by atoms with Crippen molar-refractivity contribution in [3.63, 3.8) is 0 Å². The van der Waals surface area contributed by atoms with Gasteiger partial charge in [-0.25, -0.2) is 17.2 Å². The Kier molecular flexibility index (Phi) is 5.42. The molecule has 0 N–H and O–H groups in total. The van der Waals surface area contributed by atoms with Gasteiger partial charge < -0.3 is 0 Å². The average Bonchev–Trinajstić information content (AvgIpc) is 2.54. The topological polar surface area (TPSA) is 61.2 Å². The number of hydrogen-bond acceptors (Lipinski definition) is 3. The summed E-state index contributed by atoms with van der Waals surface area (Å²) in [6, 6.07) is 13.1. The molecule has 0 bridgehead atoms. The van der Waals surface area contributed by atoms with Crippen molar-refractivity contribution >= 4 is 10.0 Å². The van der Waals surface area contributed by atoms with Crippen LogP contribution in [0.5, 0.6) is 0 Å². The molecule has 4 nitrogen and oxygen atoms in total. The normalized spacial score (nSPS) is 11.4. The van der Waals surface area contributed by atoms with Crippen molar-refractivity contribution in [2.24, 2.45) is 0 Å². The molecule has 0 aliphatic rings. The SMILES string of the molecule is N#CCCN(Cc1ccccc1)S(=O)(=O)c1ccc(F)c(F)c1. The monoisotopic (exact) mass is 336 g/mol. The van der Waals surface area contributed by atoms with Crippen molar-refractivity contribution in [1.82, 2.24) is 4.31 Å². The van der Waals surface area contributed by atoms with E-state index in [0.29, 0.717) is 6.07 Å². The maximum Gasteiger partial charge on any atom is 0.243 e. The van der Waals surface area contributed by atoms with Gasteiger partial charge in [0.2, 0.25) is 10.0 Å². The molecule has 0 unspecified atom stereocenters. The minimum absolute atomic E-state index is 0.00423. The maximum atomic E-state index is 13.3. The summed E-state index contributed by atoms with van der Waals surface area (Å²) in [5, 5.41) is 8.72. The fraction of sp³-hybridized carbons (Fsp3) is 0.188. The summed E-state index contributed by atoms with van der Waals surface area (Å²) in [5.41, 5.74) is 0.733. The number of hydrogen-bond donors (Lipinski definition) is 0. The van der Waals surface area contributed by atoms with Crippen LogP contribution in [0, 0.1) is 23.0 Å². The Morgan fingerprint density at radius 2 is 1.74 bits per heavy atom. The van der Waals surface area contributed by atoms with Crippen LogP contribution in [0.1, 0.15) is 12.0 Å². The van der Waals surface area contributed by atoms with Gasteiger partial charge in [0.15, 0.2) is 11.6 Å². The van der Waals surface area contributed by atoms with Crippen molar-refractivity contribution in [2.45, 2.75) is 17.9 Å². The van der Waals surface area contributed by atoms with Crippen molar-refractivity contribution in [1.29, 1.82) is 5.26 Å². The van der Waals surface area contributed by atoms with E-state index in [1.807, 2.05) is 6.07 Å². The second-order valence-corrected chi connectivity index (χ2v) is 6.75. The van der Waals surface area contributed by atoms with Gasteiger partial charge in [0, 0.05) is 19.5 Å². The molecule has 2 aromatic carbocycles. The standard InChI is InChI=1S/C16H14F2N2O2S/c17-15-8-7-14(11-16(15)18)23(21,22)20(10-4-9-19)12-13-5-2-1-3-6-13/h1-3,5-8,11H,4,10,12H2. The molecule has 0 radical (unpaired) electrons. The van der Waals surface area contributed by atoms with E-state index < -0.39 is 21.7 Å². The second-order valence-electron chi connectivity index (χ2n) is 4.81. The summed E-state index contributed by atoms with van der Waals surface area (Å²) in [4.78, 5) is -0.342. The third kappa shape index (κ3) is 4.12. The zero-order chi connectivity index (χ0) is 16.9. The molecule has 0 fully saturated rings. The Morgan fingerprint density at radius 3 is 2.35 bits per heavy atom. The van der Waals surface area contributed by atoms with E-state index in [4.69, 9.17) is 5.26 Å². The second kappa shape index (κ2) is 7.31. The van der Waals surface area contributed by atoms with E-state index in [2.05, 4.69) is 0 Å². The van der Waals surface area contributed by atoms with Gasteiger partial charge in [-0.2, -0.15) is 9.57 Å². The minimum Gasteiger partial charge on any atom is -0.207 e. The van der Waals surface area contributed by atoms with Crippen molar-refractivity contribution < 1.29 is 17.2 Å². The van der Waals surface area contributed by atoms with Crippen LogP contribution >= 0.6 is 0 Å². The lowest BCUT2D eigenvalue weighted by atomic mass is 10.2. The maximum absolute atomic E-state index is 13.3. The summed E-state index contributed by atoms with van der Waals surface area (Å²) >= 11 is 0. The molecule has 23 heavy (non-hydrogen) atoms. The third-order valence-corrected chi connectivity index (χ3v) is 5.04. The van der Waals surface area contributed by atoms with Gasteiger partial charge >= 0.3 is 0 Å². The average molecular weight is 336 g/mol. The van der Waals surface area contributed by atoms with E-state index in [9.17, 15) is 17.2 Å². The summed E-state index contributed by atoms with van der Waals surface area (Å²) in [6.45, 7) is 0.0105. The largest absolute Gasteiger partial charge is 0.243 e. The van der Waals surface area contributed by atoms with E-state index in [0.717, 1.165) is 22.0 Å². The first-order valence-electron chi connectivity index (χ1n) is 6.81. The van der Waals surface area contributed by atoms with Crippen LogP contribution in [-0.2, 0) is 16.6 Å². The highest BCUT2D eigenvalue weighted by molar-refractivity contribution is 7.89. The van der Waals surface area contributed by atoms with Crippen LogP contribution in [0.2, 0.25) is 0 Å². The van der Waals surface area contributed by atoms with Crippen molar-refractivity contribution in [3.05, 3.63) is 65.7 Å². The highest BCUT2D eigenvalue weighted by Gasteiger charge is 2.25. The highest BCUT2D eigenvalue weighted by atomic mass is 32.2. The first kappa shape index (κ1) is 17.1. The Morgan fingerprint density at radius 1 is 1.04 bits per heavy atom. The molecular formula is C16H14F2N2O2S. The van der Waals surface area contributed by atoms with Crippen LogP contribution < -0.4 is 0 Å². The van der Waals surface area contributed by atoms with E-state index >= 15 is 0 Å². The Bertz CT molecular complexity index is 818. The van der Waals surface area contributed by atoms with Gasteiger partial charge in [-0.3, -0.25) is 0 Å². The molecule has 0 aliphatic heterocycles. The van der Waals surface area contributed by atoms with Gasteiger partial charge in [0.25, 0.3) is 0 Å². The molecule has 0 amide bonds. The van der Waals surface area contributed by atoms with E-state index in [1.54, 1.807) is 30.3 Å². The van der Waals surface area contributed by atoms with Crippen LogP contribution in [0.3, 0.4) is 0 Å². The van der Waals surface area contributed by atoms with Gasteiger partial charge in [-0.1, -0.05) is 30.3 Å². The Labute approximate surface area is 133 Å².